The quantitative estimate of drug-likeness (QED) is 0.587. The van der Waals surface area contributed by atoms with Crippen molar-refractivity contribution in [1.82, 2.24) is 10.3 Å². The van der Waals surface area contributed by atoms with Crippen LogP contribution in [0, 0.1) is 23.2 Å². The van der Waals surface area contributed by atoms with Gasteiger partial charge in [0.2, 0.25) is 15.9 Å². The summed E-state index contributed by atoms with van der Waals surface area (Å²) in [4.78, 5) is 14.0. The molecule has 4 N–H and O–H groups in total. The van der Waals surface area contributed by atoms with E-state index in [0.29, 0.717) is 24.2 Å². The van der Waals surface area contributed by atoms with Gasteiger partial charge in [-0.1, -0.05) is 6.07 Å². The molecular formula is C18H25N3O5S2. The van der Waals surface area contributed by atoms with E-state index in [2.05, 4.69) is 10.3 Å². The van der Waals surface area contributed by atoms with Gasteiger partial charge in [0.15, 0.2) is 0 Å². The number of primary sulfonamides is 1. The fourth-order valence-electron chi connectivity index (χ4n) is 5.89. The van der Waals surface area contributed by atoms with Gasteiger partial charge < -0.3 is 0 Å². The number of carbonyl (C=O) groups excluding carboxylic acids is 1. The van der Waals surface area contributed by atoms with Gasteiger partial charge in [-0.15, -0.1) is 4.83 Å². The van der Waals surface area contributed by atoms with Crippen molar-refractivity contribution >= 4 is 26.0 Å². The van der Waals surface area contributed by atoms with Gasteiger partial charge in [0.1, 0.15) is 0 Å². The number of hydrogen-bond donors (Lipinski definition) is 3. The highest BCUT2D eigenvalue weighted by molar-refractivity contribution is 7.90. The molecule has 0 atom stereocenters. The second-order valence-corrected chi connectivity index (χ2v) is 12.0. The van der Waals surface area contributed by atoms with E-state index < -0.39 is 20.0 Å². The zero-order valence-corrected chi connectivity index (χ0v) is 17.1. The van der Waals surface area contributed by atoms with E-state index in [-0.39, 0.29) is 21.1 Å². The van der Waals surface area contributed by atoms with Gasteiger partial charge in [-0.3, -0.25) is 10.2 Å². The molecule has 0 aliphatic heterocycles. The third-order valence-electron chi connectivity index (χ3n) is 6.47. The standard InChI is InChI=1S/C18H25N3O5S2/c19-27(23,24)15-2-1-3-16(7-15)28(25,26)21-20-17(22)11-18-8-12-4-13(9-18)6-14(5-12)10-18/h1-3,7,12-14,21H,4-6,8-11H2,(H,20,22)(H2,19,23,24). The van der Waals surface area contributed by atoms with Crippen molar-refractivity contribution in [2.75, 3.05) is 0 Å². The smallest absolute Gasteiger partial charge is 0.257 e. The van der Waals surface area contributed by atoms with Gasteiger partial charge in [0.05, 0.1) is 9.79 Å². The molecule has 4 aliphatic carbocycles. The summed E-state index contributed by atoms with van der Waals surface area (Å²) < 4.78 is 47.7. The molecule has 0 unspecified atom stereocenters. The molecule has 0 spiro atoms. The third kappa shape index (κ3) is 3.96. The number of rotatable bonds is 6. The van der Waals surface area contributed by atoms with Crippen LogP contribution in [0.5, 0.6) is 0 Å². The molecule has 28 heavy (non-hydrogen) atoms. The molecule has 0 heterocycles. The molecular weight excluding hydrogens is 402 g/mol. The van der Waals surface area contributed by atoms with Crippen LogP contribution in [0.1, 0.15) is 44.9 Å². The molecule has 4 aliphatic rings. The normalized spacial score (nSPS) is 31.7. The molecule has 0 radical (unpaired) electrons. The lowest BCUT2D eigenvalue weighted by atomic mass is 9.49. The van der Waals surface area contributed by atoms with Crippen molar-refractivity contribution in [3.8, 4) is 0 Å². The van der Waals surface area contributed by atoms with E-state index in [1.165, 1.54) is 37.5 Å². The molecule has 10 heteroatoms. The number of nitrogens with one attached hydrogen (secondary N) is 2. The maximum atomic E-state index is 12.5. The first-order chi connectivity index (χ1) is 13.0. The Balaban J connectivity index is 1.41. The second kappa shape index (κ2) is 6.79. The second-order valence-electron chi connectivity index (χ2n) is 8.77. The summed E-state index contributed by atoms with van der Waals surface area (Å²) in [5, 5.41) is 5.04. The molecule has 0 saturated heterocycles. The van der Waals surface area contributed by atoms with Crippen LogP contribution in [0.2, 0.25) is 0 Å². The number of hydrogen-bond acceptors (Lipinski definition) is 5. The van der Waals surface area contributed by atoms with Crippen LogP contribution in [-0.2, 0) is 24.8 Å². The number of nitrogens with two attached hydrogens (primary N) is 1. The lowest BCUT2D eigenvalue weighted by molar-refractivity contribution is -0.129. The van der Waals surface area contributed by atoms with Crippen LogP contribution in [0.3, 0.4) is 0 Å². The summed E-state index contributed by atoms with van der Waals surface area (Å²) in [6.07, 6.45) is 7.28. The molecule has 1 aromatic carbocycles. The molecule has 4 bridgehead atoms. The molecule has 4 fully saturated rings. The van der Waals surface area contributed by atoms with Crippen LogP contribution >= 0.6 is 0 Å². The van der Waals surface area contributed by atoms with Crippen LogP contribution < -0.4 is 15.4 Å². The maximum Gasteiger partial charge on any atom is 0.257 e. The zero-order chi connectivity index (χ0) is 20.2. The number of sulfonamides is 2. The molecule has 154 valence electrons. The van der Waals surface area contributed by atoms with Crippen LogP contribution in [0.4, 0.5) is 0 Å². The minimum absolute atomic E-state index is 0.00216. The van der Waals surface area contributed by atoms with Crippen molar-refractivity contribution < 1.29 is 21.6 Å². The van der Waals surface area contributed by atoms with E-state index in [1.807, 2.05) is 0 Å². The molecule has 1 aromatic rings. The van der Waals surface area contributed by atoms with Crippen molar-refractivity contribution in [3.05, 3.63) is 24.3 Å². The Kier molecular flexibility index (Phi) is 4.80. The fourth-order valence-corrected chi connectivity index (χ4v) is 7.43. The van der Waals surface area contributed by atoms with E-state index in [1.54, 1.807) is 0 Å². The first-order valence-corrected chi connectivity index (χ1v) is 12.5. The predicted octanol–water partition coefficient (Wildman–Crippen LogP) is 1.25. The van der Waals surface area contributed by atoms with E-state index >= 15 is 0 Å². The zero-order valence-electron chi connectivity index (χ0n) is 15.4. The first kappa shape index (κ1) is 19.8. The summed E-state index contributed by atoms with van der Waals surface area (Å²) in [6, 6.07) is 4.69. The molecule has 1 amide bonds. The van der Waals surface area contributed by atoms with Crippen molar-refractivity contribution in [3.63, 3.8) is 0 Å². The molecule has 4 saturated carbocycles. The molecule has 5 rings (SSSR count). The molecule has 8 nitrogen and oxygen atoms in total. The average molecular weight is 428 g/mol. The highest BCUT2D eigenvalue weighted by Crippen LogP contribution is 2.61. The summed E-state index contributed by atoms with van der Waals surface area (Å²) >= 11 is 0. The Bertz CT molecular complexity index is 969. The van der Waals surface area contributed by atoms with E-state index in [9.17, 15) is 21.6 Å². The Morgan fingerprint density at radius 2 is 1.54 bits per heavy atom. The topological polar surface area (TPSA) is 135 Å². The van der Waals surface area contributed by atoms with E-state index in [0.717, 1.165) is 25.3 Å². The Hall–Kier alpha value is -1.49. The predicted molar refractivity (Wildman–Crippen MR) is 102 cm³/mol. The number of carbonyl (C=O) groups is 1. The minimum Gasteiger partial charge on any atom is -0.278 e. The van der Waals surface area contributed by atoms with Crippen LogP contribution in [0.25, 0.3) is 0 Å². The van der Waals surface area contributed by atoms with Crippen molar-refractivity contribution in [2.45, 2.75) is 54.7 Å². The Morgan fingerprint density at radius 1 is 1.00 bits per heavy atom. The van der Waals surface area contributed by atoms with Gasteiger partial charge in [-0.05, 0) is 79.9 Å². The Labute approximate surface area is 165 Å². The van der Waals surface area contributed by atoms with E-state index in [4.69, 9.17) is 5.14 Å². The monoisotopic (exact) mass is 427 g/mol. The van der Waals surface area contributed by atoms with Crippen molar-refractivity contribution in [2.24, 2.45) is 28.3 Å². The van der Waals surface area contributed by atoms with Gasteiger partial charge >= 0.3 is 0 Å². The third-order valence-corrected chi connectivity index (χ3v) is 8.63. The lowest BCUT2D eigenvalue weighted by Crippen LogP contribution is -2.50. The SMILES string of the molecule is NS(=O)(=O)c1cccc(S(=O)(=O)NNC(=O)CC23CC4CC(CC(C4)C2)C3)c1. The number of hydrazine groups is 1. The van der Waals surface area contributed by atoms with Gasteiger partial charge in [-0.2, -0.15) is 0 Å². The molecule has 0 aromatic heterocycles. The van der Waals surface area contributed by atoms with Crippen LogP contribution in [-0.4, -0.2) is 22.7 Å². The van der Waals surface area contributed by atoms with Gasteiger partial charge in [-0.25, -0.2) is 22.0 Å². The van der Waals surface area contributed by atoms with Gasteiger partial charge in [0.25, 0.3) is 10.0 Å². The highest BCUT2D eigenvalue weighted by Gasteiger charge is 2.51. The largest absolute Gasteiger partial charge is 0.278 e. The lowest BCUT2D eigenvalue weighted by Gasteiger charge is -2.56. The number of amides is 1. The summed E-state index contributed by atoms with van der Waals surface area (Å²) in [7, 11) is -8.13. The Morgan fingerprint density at radius 3 is 2.07 bits per heavy atom. The van der Waals surface area contributed by atoms with Crippen LogP contribution in [0.15, 0.2) is 34.1 Å². The summed E-state index contributed by atoms with van der Waals surface area (Å²) in [5.41, 5.74) is 2.29. The minimum atomic E-state index is -4.11. The van der Waals surface area contributed by atoms with Crippen molar-refractivity contribution in [1.29, 1.82) is 0 Å². The average Bonchev–Trinajstić information content (AvgIpc) is 2.58. The highest BCUT2D eigenvalue weighted by atomic mass is 32.2. The fraction of sp³-hybridized carbons (Fsp3) is 0.611. The van der Waals surface area contributed by atoms with Gasteiger partial charge in [0, 0.05) is 6.42 Å². The summed E-state index contributed by atoms with van der Waals surface area (Å²) in [5.74, 6) is 1.76. The summed E-state index contributed by atoms with van der Waals surface area (Å²) in [6.45, 7) is 0. The first-order valence-electron chi connectivity index (χ1n) is 9.48. The maximum absolute atomic E-state index is 12.5. The number of benzene rings is 1.